The summed E-state index contributed by atoms with van der Waals surface area (Å²) in [6.07, 6.45) is 30.7. The molecule has 254 valence electrons. The lowest BCUT2D eigenvalue weighted by Gasteiger charge is -2.40. The summed E-state index contributed by atoms with van der Waals surface area (Å²) in [5.74, 6) is 10.9. The number of fused-ring (bicyclic) bond motifs is 3. The van der Waals surface area contributed by atoms with Gasteiger partial charge in [0.2, 0.25) is 0 Å². The molecule has 6 saturated carbocycles. The third-order valence-electron chi connectivity index (χ3n) is 11.7. The van der Waals surface area contributed by atoms with Crippen LogP contribution in [-0.4, -0.2) is 0 Å². The first kappa shape index (κ1) is 47.9. The van der Waals surface area contributed by atoms with Crippen LogP contribution in [0.1, 0.15) is 208 Å². The lowest BCUT2D eigenvalue weighted by molar-refractivity contribution is 0.109. The molecule has 0 saturated heterocycles. The van der Waals surface area contributed by atoms with Gasteiger partial charge in [0.25, 0.3) is 0 Å². The van der Waals surface area contributed by atoms with Crippen molar-refractivity contribution in [3.05, 3.63) is 0 Å². The van der Waals surface area contributed by atoms with Crippen molar-refractivity contribution >= 4 is 0 Å². The van der Waals surface area contributed by atoms with E-state index in [-0.39, 0.29) is 52.0 Å². The summed E-state index contributed by atoms with van der Waals surface area (Å²) in [5.41, 5.74) is 0. The largest absolute Gasteiger partial charge is 0.0776 e. The summed E-state index contributed by atoms with van der Waals surface area (Å²) in [6, 6.07) is 0. The predicted octanol–water partition coefficient (Wildman–Crippen LogP) is 15.5. The van der Waals surface area contributed by atoms with Crippen LogP contribution < -0.4 is 0 Å². The zero-order chi connectivity index (χ0) is 23.9. The Kier molecular flexibility index (Phi) is 28.4. The highest BCUT2D eigenvalue weighted by Gasteiger charge is 2.33. The maximum atomic E-state index is 2.44. The molecular formula is C41H90. The number of hydrogen-bond acceptors (Lipinski definition) is 0. The highest BCUT2D eigenvalue weighted by molar-refractivity contribution is 4.84. The Balaban J connectivity index is -0.000000231. The van der Waals surface area contributed by atoms with Crippen LogP contribution in [0.3, 0.4) is 0 Å². The van der Waals surface area contributed by atoms with E-state index in [0.717, 1.165) is 59.2 Å². The molecule has 0 nitrogen and oxygen atoms in total. The van der Waals surface area contributed by atoms with Crippen LogP contribution in [0, 0.1) is 59.2 Å². The second-order valence-electron chi connectivity index (χ2n) is 14.8. The lowest BCUT2D eigenvalue weighted by Crippen LogP contribution is -2.29. The van der Waals surface area contributed by atoms with Gasteiger partial charge >= 0.3 is 0 Å². The summed E-state index contributed by atoms with van der Waals surface area (Å²) >= 11 is 0. The molecule has 0 N–H and O–H groups in total. The average molecular weight is 583 g/mol. The molecule has 0 amide bonds. The van der Waals surface area contributed by atoms with Gasteiger partial charge in [-0.1, -0.05) is 157 Å². The second-order valence-corrected chi connectivity index (χ2v) is 14.8. The van der Waals surface area contributed by atoms with Crippen molar-refractivity contribution in [1.29, 1.82) is 0 Å². The number of rotatable bonds is 0. The topological polar surface area (TPSA) is 0 Å². The van der Waals surface area contributed by atoms with E-state index < -0.39 is 0 Å². The highest BCUT2D eigenvalue weighted by Crippen LogP contribution is 2.45. The van der Waals surface area contributed by atoms with E-state index in [0.29, 0.717) is 0 Å². The molecule has 0 heterocycles. The van der Waals surface area contributed by atoms with Crippen molar-refractivity contribution in [3.8, 4) is 0 Å². The fourth-order valence-electron chi connectivity index (χ4n) is 9.58. The van der Waals surface area contributed by atoms with E-state index >= 15 is 0 Å². The Morgan fingerprint density at radius 1 is 0.244 bits per heavy atom. The van der Waals surface area contributed by atoms with Crippen molar-refractivity contribution < 1.29 is 0 Å². The Hall–Kier alpha value is 0. The van der Waals surface area contributed by atoms with Crippen LogP contribution in [0.5, 0.6) is 0 Å². The van der Waals surface area contributed by atoms with Gasteiger partial charge in [-0.05, 0) is 111 Å². The molecule has 0 bridgehead atoms. The zero-order valence-electron chi connectivity index (χ0n) is 23.9. The molecule has 0 aromatic heterocycles. The molecule has 0 radical (unpaired) electrons. The molecule has 8 unspecified atom stereocenters. The Morgan fingerprint density at radius 2 is 0.463 bits per heavy atom. The van der Waals surface area contributed by atoms with Crippen LogP contribution in [-0.2, 0) is 0 Å². The molecule has 0 aliphatic heterocycles. The quantitative estimate of drug-likeness (QED) is 0.266. The molecule has 6 aliphatic carbocycles. The normalized spacial score (nSPS) is 38.3. The molecule has 0 spiro atoms. The van der Waals surface area contributed by atoms with Gasteiger partial charge in [0.15, 0.2) is 0 Å². The van der Waals surface area contributed by atoms with E-state index in [2.05, 4.69) is 27.7 Å². The van der Waals surface area contributed by atoms with Gasteiger partial charge in [-0.25, -0.2) is 0 Å². The van der Waals surface area contributed by atoms with Gasteiger partial charge in [-0.3, -0.25) is 0 Å². The van der Waals surface area contributed by atoms with Crippen LogP contribution in [0.2, 0.25) is 0 Å². The van der Waals surface area contributed by atoms with E-state index in [9.17, 15) is 0 Å². The molecule has 6 aliphatic rings. The van der Waals surface area contributed by atoms with E-state index in [1.165, 1.54) is 64.2 Å². The molecule has 0 aromatic carbocycles. The maximum Gasteiger partial charge on any atom is -0.0381 e. The van der Waals surface area contributed by atoms with Crippen molar-refractivity contribution in [2.45, 2.75) is 208 Å². The smallest absolute Gasteiger partial charge is 0.0381 e. The minimum atomic E-state index is 0. The van der Waals surface area contributed by atoms with Gasteiger partial charge in [0, 0.05) is 0 Å². The summed E-state index contributed by atoms with van der Waals surface area (Å²) in [6.45, 7) is 9.75. The van der Waals surface area contributed by atoms with Crippen molar-refractivity contribution in [3.63, 3.8) is 0 Å². The summed E-state index contributed by atoms with van der Waals surface area (Å²) in [7, 11) is 0. The van der Waals surface area contributed by atoms with Crippen molar-refractivity contribution in [2.75, 3.05) is 0 Å². The maximum absolute atomic E-state index is 2.44. The highest BCUT2D eigenvalue weighted by atomic mass is 14.4. The van der Waals surface area contributed by atoms with E-state index in [1.54, 1.807) is 64.2 Å². The number of hydrogen-bond donors (Lipinski definition) is 0. The monoisotopic (exact) mass is 583 g/mol. The van der Waals surface area contributed by atoms with Crippen LogP contribution >= 0.6 is 0 Å². The fourth-order valence-corrected chi connectivity index (χ4v) is 9.58. The first-order valence-corrected chi connectivity index (χ1v) is 16.5. The molecule has 0 heteroatoms. The molecule has 0 aromatic rings. The van der Waals surface area contributed by atoms with Crippen LogP contribution in [0.15, 0.2) is 0 Å². The zero-order valence-corrected chi connectivity index (χ0v) is 23.9. The summed E-state index contributed by atoms with van der Waals surface area (Å²) in [5, 5.41) is 0. The van der Waals surface area contributed by atoms with Gasteiger partial charge in [-0.2, -0.15) is 0 Å². The van der Waals surface area contributed by atoms with Gasteiger partial charge < -0.3 is 0 Å². The van der Waals surface area contributed by atoms with E-state index in [1.807, 2.05) is 0 Å². The van der Waals surface area contributed by atoms with Crippen LogP contribution in [0.25, 0.3) is 0 Å². The Labute approximate surface area is 266 Å². The Morgan fingerprint density at radius 3 is 0.756 bits per heavy atom. The minimum absolute atomic E-state index is 0. The lowest BCUT2D eigenvalue weighted by atomic mass is 9.65. The van der Waals surface area contributed by atoms with Crippen molar-refractivity contribution in [1.82, 2.24) is 0 Å². The van der Waals surface area contributed by atoms with Gasteiger partial charge in [0.1, 0.15) is 0 Å². The third-order valence-corrected chi connectivity index (χ3v) is 11.7. The molecule has 8 atom stereocenters. The van der Waals surface area contributed by atoms with E-state index in [4.69, 9.17) is 0 Å². The fraction of sp³-hybridized carbons (Fsp3) is 1.00. The molecule has 41 heavy (non-hydrogen) atoms. The standard InChI is InChI=1S/C12H22.2C11H20.7CH4/c1-9-3-5-11-6-4-10(2)8-12(11)7-9;2*1-9-6-7-10-4-2-3-5-11(10)8-9;;;;;;;/h9-12H,3-8H2,1-2H3;2*9-11H,2-8H2,1H3;7*1H4. The first-order chi connectivity index (χ1) is 16.5. The SMILES string of the molecule is C.C.C.C.C.C.C.CC1CCC2CCC(C)CC2C1.CC1CCC2CCCCC2C1.CC1CCC2CCCCC2C1. The van der Waals surface area contributed by atoms with Crippen LogP contribution in [0.4, 0.5) is 0 Å². The summed E-state index contributed by atoms with van der Waals surface area (Å²) < 4.78 is 0. The van der Waals surface area contributed by atoms with Gasteiger partial charge in [0.05, 0.1) is 0 Å². The molecule has 6 fully saturated rings. The van der Waals surface area contributed by atoms with Gasteiger partial charge in [-0.15, -0.1) is 0 Å². The molecular weight excluding hydrogens is 492 g/mol. The first-order valence-electron chi connectivity index (χ1n) is 16.5. The third kappa shape index (κ3) is 15.0. The predicted molar refractivity (Wildman–Crippen MR) is 197 cm³/mol. The summed E-state index contributed by atoms with van der Waals surface area (Å²) in [4.78, 5) is 0. The second kappa shape index (κ2) is 24.3. The average Bonchev–Trinajstić information content (AvgIpc) is 2.84. The minimum Gasteiger partial charge on any atom is -0.0776 e. The van der Waals surface area contributed by atoms with Crippen molar-refractivity contribution in [2.24, 2.45) is 59.2 Å². The molecule has 6 rings (SSSR count). The Bertz CT molecular complexity index is 516.